The van der Waals surface area contributed by atoms with Gasteiger partial charge in [-0.15, -0.1) is 0 Å². The van der Waals surface area contributed by atoms with Crippen molar-refractivity contribution in [3.8, 4) is 0 Å². The van der Waals surface area contributed by atoms with Crippen molar-refractivity contribution >= 4 is 23.0 Å². The third-order valence-electron chi connectivity index (χ3n) is 4.25. The van der Waals surface area contributed by atoms with E-state index in [1.54, 1.807) is 26.8 Å². The molecule has 0 radical (unpaired) electrons. The van der Waals surface area contributed by atoms with Crippen LogP contribution in [-0.2, 0) is 9.53 Å². The van der Waals surface area contributed by atoms with Crippen molar-refractivity contribution in [2.75, 3.05) is 13.1 Å². The van der Waals surface area contributed by atoms with Crippen LogP contribution in [0.4, 0.5) is 4.79 Å². The molecule has 0 unspecified atom stereocenters. The number of aliphatic carboxylic acids is 1. The highest BCUT2D eigenvalue weighted by atomic mass is 16.6. The number of furan rings is 1. The molecule has 7 nitrogen and oxygen atoms in total. The molecule has 7 heteroatoms. The zero-order chi connectivity index (χ0) is 18.9. The van der Waals surface area contributed by atoms with Crippen molar-refractivity contribution in [1.82, 2.24) is 10.2 Å². The number of hydrogen-bond donors (Lipinski definition) is 2. The smallest absolute Gasteiger partial charge is 0.407 e. The first kappa shape index (κ1) is 18.3. The van der Waals surface area contributed by atoms with Gasteiger partial charge >= 0.3 is 12.1 Å². The molecule has 0 bridgehead atoms. The highest BCUT2D eigenvalue weighted by Gasteiger charge is 2.36. The first-order valence-corrected chi connectivity index (χ1v) is 8.68. The van der Waals surface area contributed by atoms with Gasteiger partial charge in [0, 0.05) is 24.5 Å². The number of hydrogen-bond acceptors (Lipinski definition) is 5. The SMILES string of the molecule is CC(C)(C)OC(=O)N[C@@H]1CCN([C@H](C(=O)O)c2cc3ccccc3o2)C1. The summed E-state index contributed by atoms with van der Waals surface area (Å²) in [5.41, 5.74) is 0.0941. The Morgan fingerprint density at radius 3 is 2.73 bits per heavy atom. The van der Waals surface area contributed by atoms with Gasteiger partial charge < -0.3 is 19.6 Å². The number of amides is 1. The number of likely N-dealkylation sites (tertiary alicyclic amines) is 1. The Morgan fingerprint density at radius 2 is 2.08 bits per heavy atom. The summed E-state index contributed by atoms with van der Waals surface area (Å²) in [5, 5.41) is 13.4. The van der Waals surface area contributed by atoms with Gasteiger partial charge in [-0.25, -0.2) is 4.79 Å². The zero-order valence-corrected chi connectivity index (χ0v) is 15.2. The Bertz CT molecular complexity index is 775. The van der Waals surface area contributed by atoms with Crippen LogP contribution in [0, 0.1) is 0 Å². The molecule has 0 saturated carbocycles. The predicted molar refractivity (Wildman–Crippen MR) is 95.9 cm³/mol. The van der Waals surface area contributed by atoms with Gasteiger partial charge in [0.05, 0.1) is 0 Å². The molecule has 1 aromatic carbocycles. The van der Waals surface area contributed by atoms with Gasteiger partial charge in [0.15, 0.2) is 6.04 Å². The summed E-state index contributed by atoms with van der Waals surface area (Å²) in [4.78, 5) is 25.6. The minimum absolute atomic E-state index is 0.156. The van der Waals surface area contributed by atoms with Crippen molar-refractivity contribution < 1.29 is 23.8 Å². The van der Waals surface area contributed by atoms with Crippen LogP contribution < -0.4 is 5.32 Å². The number of benzene rings is 1. The monoisotopic (exact) mass is 360 g/mol. The number of nitrogens with zero attached hydrogens (tertiary/aromatic N) is 1. The number of nitrogens with one attached hydrogen (secondary N) is 1. The van der Waals surface area contributed by atoms with Crippen LogP contribution in [0.1, 0.15) is 39.0 Å². The average molecular weight is 360 g/mol. The van der Waals surface area contributed by atoms with Crippen LogP contribution in [0.3, 0.4) is 0 Å². The molecule has 2 heterocycles. The molecule has 0 spiro atoms. The van der Waals surface area contributed by atoms with E-state index in [1.165, 1.54) is 0 Å². The quantitative estimate of drug-likeness (QED) is 0.870. The lowest BCUT2D eigenvalue weighted by Gasteiger charge is -2.24. The fraction of sp³-hybridized carbons (Fsp3) is 0.474. The summed E-state index contributed by atoms with van der Waals surface area (Å²) in [6.45, 7) is 6.38. The number of carboxylic acids is 1. The van der Waals surface area contributed by atoms with Crippen LogP contribution in [0.25, 0.3) is 11.0 Å². The van der Waals surface area contributed by atoms with E-state index in [1.807, 2.05) is 29.2 Å². The fourth-order valence-electron chi connectivity index (χ4n) is 3.21. The standard InChI is InChI=1S/C19H24N2O5/c1-19(2,3)26-18(24)20-13-8-9-21(11-13)16(17(22)23)15-10-12-6-4-5-7-14(12)25-15/h4-7,10,13,16H,8-9,11H2,1-3H3,(H,20,24)(H,22,23)/t13-,16+/m1/s1. The molecule has 3 rings (SSSR count). The molecule has 1 saturated heterocycles. The van der Waals surface area contributed by atoms with E-state index in [2.05, 4.69) is 5.32 Å². The maximum absolute atomic E-state index is 11.9. The van der Waals surface area contributed by atoms with Gasteiger partial charge in [0.2, 0.25) is 0 Å². The normalized spacial score (nSPS) is 19.4. The molecule has 1 amide bonds. The number of alkyl carbamates (subject to hydrolysis) is 1. The number of fused-ring (bicyclic) bond motifs is 1. The minimum Gasteiger partial charge on any atom is -0.480 e. The largest absolute Gasteiger partial charge is 0.480 e. The van der Waals surface area contributed by atoms with Crippen LogP contribution in [0.5, 0.6) is 0 Å². The lowest BCUT2D eigenvalue weighted by atomic mass is 10.1. The average Bonchev–Trinajstić information content (AvgIpc) is 3.12. The Labute approximate surface area is 151 Å². The summed E-state index contributed by atoms with van der Waals surface area (Å²) in [6.07, 6.45) is 0.170. The van der Waals surface area contributed by atoms with Crippen LogP contribution >= 0.6 is 0 Å². The van der Waals surface area contributed by atoms with E-state index in [0.717, 1.165) is 5.39 Å². The molecule has 26 heavy (non-hydrogen) atoms. The molecular weight excluding hydrogens is 336 g/mol. The van der Waals surface area contributed by atoms with Gasteiger partial charge in [0.25, 0.3) is 0 Å². The van der Waals surface area contributed by atoms with E-state index in [9.17, 15) is 14.7 Å². The lowest BCUT2D eigenvalue weighted by molar-refractivity contribution is -0.143. The van der Waals surface area contributed by atoms with Gasteiger partial charge in [-0.3, -0.25) is 9.69 Å². The number of para-hydroxylation sites is 1. The Hall–Kier alpha value is -2.54. The van der Waals surface area contributed by atoms with Gasteiger partial charge in [0.1, 0.15) is 16.9 Å². The van der Waals surface area contributed by atoms with Crippen molar-refractivity contribution in [1.29, 1.82) is 0 Å². The molecule has 1 fully saturated rings. The van der Waals surface area contributed by atoms with Crippen molar-refractivity contribution in [3.05, 3.63) is 36.1 Å². The maximum atomic E-state index is 11.9. The Morgan fingerprint density at radius 1 is 1.35 bits per heavy atom. The molecule has 2 atom stereocenters. The second-order valence-electron chi connectivity index (χ2n) is 7.55. The van der Waals surface area contributed by atoms with Crippen LogP contribution in [0.2, 0.25) is 0 Å². The molecule has 2 N–H and O–H groups in total. The topological polar surface area (TPSA) is 92.0 Å². The third-order valence-corrected chi connectivity index (χ3v) is 4.25. The first-order chi connectivity index (χ1) is 12.2. The zero-order valence-electron chi connectivity index (χ0n) is 15.2. The van der Waals surface area contributed by atoms with E-state index in [0.29, 0.717) is 30.9 Å². The minimum atomic E-state index is -0.970. The third kappa shape index (κ3) is 4.16. The van der Waals surface area contributed by atoms with E-state index >= 15 is 0 Å². The summed E-state index contributed by atoms with van der Waals surface area (Å²) in [7, 11) is 0. The molecule has 140 valence electrons. The second kappa shape index (κ2) is 6.99. The number of rotatable bonds is 4. The second-order valence-corrected chi connectivity index (χ2v) is 7.55. The molecular formula is C19H24N2O5. The highest BCUT2D eigenvalue weighted by Crippen LogP contribution is 2.30. The highest BCUT2D eigenvalue weighted by molar-refractivity contribution is 5.81. The van der Waals surface area contributed by atoms with Gasteiger partial charge in [-0.05, 0) is 39.3 Å². The molecule has 1 aromatic heterocycles. The Balaban J connectivity index is 1.70. The Kier molecular flexibility index (Phi) is 4.91. The van der Waals surface area contributed by atoms with E-state index in [4.69, 9.17) is 9.15 Å². The van der Waals surface area contributed by atoms with E-state index in [-0.39, 0.29) is 6.04 Å². The maximum Gasteiger partial charge on any atom is 0.407 e. The molecule has 0 aliphatic carbocycles. The number of carbonyl (C=O) groups excluding carboxylic acids is 1. The first-order valence-electron chi connectivity index (χ1n) is 8.68. The van der Waals surface area contributed by atoms with E-state index < -0.39 is 23.7 Å². The van der Waals surface area contributed by atoms with Crippen LogP contribution in [-0.4, -0.2) is 46.8 Å². The number of carbonyl (C=O) groups is 2. The van der Waals surface area contributed by atoms with Crippen molar-refractivity contribution in [2.45, 2.75) is 44.9 Å². The molecule has 1 aliphatic rings. The molecule has 1 aliphatic heterocycles. The summed E-state index contributed by atoms with van der Waals surface area (Å²) in [5.74, 6) is -0.571. The predicted octanol–water partition coefficient (Wildman–Crippen LogP) is 3.16. The fourth-order valence-corrected chi connectivity index (χ4v) is 3.21. The van der Waals surface area contributed by atoms with Crippen LogP contribution in [0.15, 0.2) is 34.7 Å². The van der Waals surface area contributed by atoms with Crippen molar-refractivity contribution in [2.24, 2.45) is 0 Å². The lowest BCUT2D eigenvalue weighted by Crippen LogP contribution is -2.41. The van der Waals surface area contributed by atoms with Crippen molar-refractivity contribution in [3.63, 3.8) is 0 Å². The summed E-state index contributed by atoms with van der Waals surface area (Å²) < 4.78 is 11.0. The number of carboxylic acid groups (broad SMARTS) is 1. The number of ether oxygens (including phenoxy) is 1. The van der Waals surface area contributed by atoms with Gasteiger partial charge in [-0.1, -0.05) is 18.2 Å². The molecule has 2 aromatic rings. The summed E-state index contributed by atoms with van der Waals surface area (Å²) in [6, 6.07) is 8.16. The summed E-state index contributed by atoms with van der Waals surface area (Å²) >= 11 is 0. The van der Waals surface area contributed by atoms with Gasteiger partial charge in [-0.2, -0.15) is 0 Å².